The van der Waals surface area contributed by atoms with Crippen LogP contribution in [0.1, 0.15) is 53.1 Å². The van der Waals surface area contributed by atoms with Crippen LogP contribution in [0.2, 0.25) is 0 Å². The molecule has 0 unspecified atom stereocenters. The molecule has 0 saturated carbocycles. The molecule has 1 aliphatic rings. The third-order valence-corrected chi connectivity index (χ3v) is 6.09. The summed E-state index contributed by atoms with van der Waals surface area (Å²) in [5.41, 5.74) is 2.68. The molecule has 3 heterocycles. The van der Waals surface area contributed by atoms with Crippen molar-refractivity contribution < 1.29 is 9.21 Å². The molecule has 2 aromatic heterocycles. The largest absolute Gasteiger partial charge is 0.450 e. The van der Waals surface area contributed by atoms with Crippen LogP contribution in [0.4, 0.5) is 5.13 Å². The number of rotatable bonds is 3. The molecule has 5 nitrogen and oxygen atoms in total. The molecule has 0 radical (unpaired) electrons. The minimum Gasteiger partial charge on any atom is -0.450 e. The van der Waals surface area contributed by atoms with E-state index in [2.05, 4.69) is 18.8 Å². The molecule has 0 fully saturated rings. The summed E-state index contributed by atoms with van der Waals surface area (Å²) in [7, 11) is 0. The number of nitrogens with zero attached hydrogens (tertiary/aromatic N) is 2. The van der Waals surface area contributed by atoms with Gasteiger partial charge in [0.2, 0.25) is 5.76 Å². The van der Waals surface area contributed by atoms with Crippen molar-refractivity contribution >= 4 is 33.3 Å². The summed E-state index contributed by atoms with van der Waals surface area (Å²) >= 11 is 1.36. The Morgan fingerprint density at radius 3 is 2.52 bits per heavy atom. The number of hydrogen-bond acceptors (Lipinski definition) is 5. The Balaban J connectivity index is 1.77. The van der Waals surface area contributed by atoms with Crippen molar-refractivity contribution in [2.45, 2.75) is 25.8 Å². The number of carbonyl (C=O) groups excluding carboxylic acids is 1. The molecule has 4 aromatic rings. The number of thiazole rings is 1. The summed E-state index contributed by atoms with van der Waals surface area (Å²) in [4.78, 5) is 32.6. The summed E-state index contributed by atoms with van der Waals surface area (Å²) < 4.78 is 5.92. The first-order valence-corrected chi connectivity index (χ1v) is 10.3. The van der Waals surface area contributed by atoms with Crippen LogP contribution < -0.4 is 10.3 Å². The van der Waals surface area contributed by atoms with Gasteiger partial charge in [0.15, 0.2) is 10.6 Å². The first kappa shape index (κ1) is 17.8. The summed E-state index contributed by atoms with van der Waals surface area (Å²) in [6, 6.07) is 14.5. The van der Waals surface area contributed by atoms with Gasteiger partial charge in [-0.1, -0.05) is 50.2 Å². The van der Waals surface area contributed by atoms with Crippen LogP contribution >= 0.6 is 11.3 Å². The van der Waals surface area contributed by atoms with Crippen LogP contribution in [0.5, 0.6) is 0 Å². The molecule has 29 heavy (non-hydrogen) atoms. The lowest BCUT2D eigenvalue weighted by Crippen LogP contribution is -2.29. The van der Waals surface area contributed by atoms with Gasteiger partial charge in [-0.25, -0.2) is 4.98 Å². The molecule has 5 rings (SSSR count). The summed E-state index contributed by atoms with van der Waals surface area (Å²) in [6.45, 7) is 4.26. The number of aromatic nitrogens is 1. The Hall–Kier alpha value is -3.25. The maximum absolute atomic E-state index is 13.4. The lowest BCUT2D eigenvalue weighted by Gasteiger charge is -2.23. The molecule has 1 amide bonds. The molecule has 1 atom stereocenters. The third-order valence-electron chi connectivity index (χ3n) is 5.32. The molecular formula is C23H18N2O3S. The molecule has 2 aromatic carbocycles. The maximum atomic E-state index is 13.4. The average Bonchev–Trinajstić information content (AvgIpc) is 3.35. The van der Waals surface area contributed by atoms with E-state index in [-0.39, 0.29) is 17.1 Å². The van der Waals surface area contributed by atoms with Gasteiger partial charge >= 0.3 is 0 Å². The van der Waals surface area contributed by atoms with E-state index in [0.29, 0.717) is 27.6 Å². The van der Waals surface area contributed by atoms with Crippen LogP contribution in [0.25, 0.3) is 11.0 Å². The van der Waals surface area contributed by atoms with E-state index in [1.165, 1.54) is 16.9 Å². The number of para-hydroxylation sites is 1. The van der Waals surface area contributed by atoms with Gasteiger partial charge in [0.25, 0.3) is 5.91 Å². The van der Waals surface area contributed by atoms with Gasteiger partial charge < -0.3 is 4.42 Å². The molecule has 6 heteroatoms. The number of anilines is 1. The highest BCUT2D eigenvalue weighted by Crippen LogP contribution is 2.41. The smallest absolute Gasteiger partial charge is 0.297 e. The van der Waals surface area contributed by atoms with Crippen LogP contribution in [-0.2, 0) is 0 Å². The quantitative estimate of drug-likeness (QED) is 0.477. The second kappa shape index (κ2) is 6.67. The Labute approximate surface area is 171 Å². The van der Waals surface area contributed by atoms with Crippen molar-refractivity contribution in [3.05, 3.63) is 92.8 Å². The fraction of sp³-hybridized carbons (Fsp3) is 0.174. The molecular weight excluding hydrogens is 384 g/mol. The fourth-order valence-corrected chi connectivity index (χ4v) is 4.50. The van der Waals surface area contributed by atoms with Crippen molar-refractivity contribution in [2.75, 3.05) is 4.90 Å². The molecule has 0 bridgehead atoms. The Morgan fingerprint density at radius 2 is 1.83 bits per heavy atom. The molecule has 0 saturated heterocycles. The van der Waals surface area contributed by atoms with Crippen molar-refractivity contribution in [3.63, 3.8) is 0 Å². The second-order valence-corrected chi connectivity index (χ2v) is 8.26. The first-order chi connectivity index (χ1) is 14.1. The van der Waals surface area contributed by atoms with Crippen molar-refractivity contribution in [3.8, 4) is 0 Å². The minimum absolute atomic E-state index is 0.0989. The Morgan fingerprint density at radius 1 is 1.07 bits per heavy atom. The number of carbonyl (C=O) groups is 1. The van der Waals surface area contributed by atoms with E-state index in [1.54, 1.807) is 35.4 Å². The normalized spacial score (nSPS) is 16.0. The number of amides is 1. The van der Waals surface area contributed by atoms with Crippen LogP contribution in [0.15, 0.2) is 69.3 Å². The van der Waals surface area contributed by atoms with Gasteiger partial charge in [-0.05, 0) is 29.2 Å². The highest BCUT2D eigenvalue weighted by atomic mass is 32.1. The molecule has 144 valence electrons. The Kier molecular flexibility index (Phi) is 4.10. The molecule has 0 aliphatic carbocycles. The van der Waals surface area contributed by atoms with E-state index in [9.17, 15) is 9.59 Å². The topological polar surface area (TPSA) is 63.4 Å². The molecule has 0 N–H and O–H groups in total. The van der Waals surface area contributed by atoms with Crippen LogP contribution in [0, 0.1) is 0 Å². The zero-order valence-corrected chi connectivity index (χ0v) is 16.8. The summed E-state index contributed by atoms with van der Waals surface area (Å²) in [5, 5.41) is 2.84. The standard InChI is InChI=1S/C23H18N2O3S/c1-13(2)14-7-9-15(10-8-14)19-18-20(26)16-5-3-4-6-17(16)28-21(18)22(27)25(19)23-24-11-12-29-23/h3-13,19H,1-2H3/t19-/m0/s1. The summed E-state index contributed by atoms with van der Waals surface area (Å²) in [5.74, 6) is 0.156. The number of hydrogen-bond donors (Lipinski definition) is 0. The van der Waals surface area contributed by atoms with E-state index in [1.807, 2.05) is 29.6 Å². The van der Waals surface area contributed by atoms with E-state index in [0.717, 1.165) is 5.56 Å². The van der Waals surface area contributed by atoms with Crippen molar-refractivity contribution in [1.29, 1.82) is 0 Å². The van der Waals surface area contributed by atoms with E-state index < -0.39 is 6.04 Å². The number of benzene rings is 2. The van der Waals surface area contributed by atoms with E-state index >= 15 is 0 Å². The second-order valence-electron chi connectivity index (χ2n) is 7.38. The average molecular weight is 402 g/mol. The third kappa shape index (κ3) is 2.71. The van der Waals surface area contributed by atoms with Crippen molar-refractivity contribution in [1.82, 2.24) is 4.98 Å². The highest BCUT2D eigenvalue weighted by Gasteiger charge is 2.44. The fourth-order valence-electron chi connectivity index (χ4n) is 3.83. The SMILES string of the molecule is CC(C)c1ccc([C@H]2c3c(oc4ccccc4c3=O)C(=O)N2c2nccs2)cc1. The van der Waals surface area contributed by atoms with Gasteiger partial charge in [-0.3, -0.25) is 14.5 Å². The Bertz CT molecular complexity index is 1270. The first-order valence-electron chi connectivity index (χ1n) is 9.45. The van der Waals surface area contributed by atoms with Crippen LogP contribution in [-0.4, -0.2) is 10.9 Å². The monoisotopic (exact) mass is 402 g/mol. The zero-order chi connectivity index (χ0) is 20.1. The van der Waals surface area contributed by atoms with Gasteiger partial charge in [-0.2, -0.15) is 0 Å². The highest BCUT2D eigenvalue weighted by molar-refractivity contribution is 7.13. The maximum Gasteiger partial charge on any atom is 0.297 e. The van der Waals surface area contributed by atoms with Gasteiger partial charge in [0.1, 0.15) is 5.58 Å². The lowest BCUT2D eigenvalue weighted by molar-refractivity contribution is 0.0971. The van der Waals surface area contributed by atoms with Gasteiger partial charge in [0.05, 0.1) is 17.0 Å². The lowest BCUT2D eigenvalue weighted by atomic mass is 9.95. The minimum atomic E-state index is -0.564. The molecule has 1 aliphatic heterocycles. The van der Waals surface area contributed by atoms with Gasteiger partial charge in [-0.15, -0.1) is 11.3 Å². The predicted octanol–water partition coefficient (Wildman–Crippen LogP) is 5.12. The van der Waals surface area contributed by atoms with Crippen molar-refractivity contribution in [2.24, 2.45) is 0 Å². The van der Waals surface area contributed by atoms with E-state index in [4.69, 9.17) is 4.42 Å². The van der Waals surface area contributed by atoms with Gasteiger partial charge in [0, 0.05) is 11.6 Å². The predicted molar refractivity (Wildman–Crippen MR) is 114 cm³/mol. The van der Waals surface area contributed by atoms with Crippen LogP contribution in [0.3, 0.4) is 0 Å². The number of fused-ring (bicyclic) bond motifs is 2. The zero-order valence-electron chi connectivity index (χ0n) is 16.0. The summed E-state index contributed by atoms with van der Waals surface area (Å²) in [6.07, 6.45) is 1.65. The molecule has 0 spiro atoms.